The molecule has 0 N–H and O–H groups in total. The minimum atomic E-state index is -1.08. The van der Waals surface area contributed by atoms with Gasteiger partial charge in [-0.3, -0.25) is 0 Å². The van der Waals surface area contributed by atoms with E-state index in [2.05, 4.69) is 0 Å². The lowest BCUT2D eigenvalue weighted by atomic mass is 9.87. The number of halogens is 3. The van der Waals surface area contributed by atoms with E-state index in [4.69, 9.17) is 20.9 Å². The average Bonchev–Trinajstić information content (AvgIpc) is 2.52. The summed E-state index contributed by atoms with van der Waals surface area (Å²) < 4.78 is 38.3. The van der Waals surface area contributed by atoms with E-state index < -0.39 is 29.9 Å². The Hall–Kier alpha value is -0.905. The Bertz CT molecular complexity index is 542. The summed E-state index contributed by atoms with van der Waals surface area (Å²) in [6, 6.07) is 3.75. The van der Waals surface area contributed by atoms with Crippen LogP contribution in [0, 0.1) is 5.82 Å². The Balaban J connectivity index is 2.24. The molecule has 1 saturated heterocycles. The van der Waals surface area contributed by atoms with Gasteiger partial charge in [0.2, 0.25) is 0 Å². The number of hydrogen-bond acceptors (Lipinski definition) is 2. The Morgan fingerprint density at radius 2 is 1.75 bits per heavy atom. The van der Waals surface area contributed by atoms with E-state index in [-0.39, 0.29) is 5.02 Å². The molecule has 0 radical (unpaired) electrons. The second kappa shape index (κ2) is 5.13. The summed E-state index contributed by atoms with van der Waals surface area (Å²) in [5.74, 6) is -0.469. The van der Waals surface area contributed by atoms with Crippen LogP contribution in [-0.4, -0.2) is 18.3 Å². The number of rotatable bonds is 2. The smallest absolute Gasteiger partial charge is 0.398 e. The highest BCUT2D eigenvalue weighted by Crippen LogP contribution is 2.39. The lowest BCUT2D eigenvalue weighted by Gasteiger charge is -2.32. The molecule has 0 aromatic heterocycles. The first-order chi connectivity index (χ1) is 9.12. The predicted octanol–water partition coefficient (Wildman–Crippen LogP) is 4.42. The molecule has 1 aliphatic heterocycles. The van der Waals surface area contributed by atoms with Crippen molar-refractivity contribution in [3.8, 4) is 0 Å². The maximum Gasteiger partial charge on any atom is 0.525 e. The van der Waals surface area contributed by atoms with Crippen molar-refractivity contribution >= 4 is 24.8 Å². The van der Waals surface area contributed by atoms with Crippen molar-refractivity contribution in [2.45, 2.75) is 38.9 Å². The third kappa shape index (κ3) is 2.90. The predicted molar refractivity (Wildman–Crippen MR) is 76.6 cm³/mol. The second-order valence-electron chi connectivity index (χ2n) is 5.78. The van der Waals surface area contributed by atoms with Crippen molar-refractivity contribution in [1.82, 2.24) is 0 Å². The first-order valence-electron chi connectivity index (χ1n) is 6.30. The standard InChI is InChI=1S/C14H16BClF2O2/c1-13(2)14(3,4)20-15(19-13)12(18)7-9-5-6-10(17)8-11(9)16/h5-8H,1-4H3. The van der Waals surface area contributed by atoms with Crippen molar-refractivity contribution < 1.29 is 18.1 Å². The van der Waals surface area contributed by atoms with Gasteiger partial charge in [-0.2, -0.15) is 0 Å². The number of benzene rings is 1. The number of hydrogen-bond donors (Lipinski definition) is 0. The van der Waals surface area contributed by atoms with Gasteiger partial charge in [0.15, 0.2) is 0 Å². The summed E-state index contributed by atoms with van der Waals surface area (Å²) >= 11 is 5.86. The zero-order chi connectivity index (χ0) is 15.1. The van der Waals surface area contributed by atoms with Gasteiger partial charge in [0.05, 0.1) is 16.2 Å². The van der Waals surface area contributed by atoms with Gasteiger partial charge in [-0.05, 0) is 51.5 Å². The SMILES string of the molecule is CC1(C)OB(C(F)=Cc2ccc(F)cc2Cl)OC1(C)C. The molecule has 1 fully saturated rings. The molecule has 2 nitrogen and oxygen atoms in total. The molecule has 0 unspecified atom stereocenters. The maximum absolute atomic E-state index is 14.2. The van der Waals surface area contributed by atoms with Crippen molar-refractivity contribution in [3.05, 3.63) is 40.3 Å². The van der Waals surface area contributed by atoms with Crippen LogP contribution < -0.4 is 0 Å². The van der Waals surface area contributed by atoms with Gasteiger partial charge in [0.25, 0.3) is 0 Å². The molecule has 0 aliphatic carbocycles. The molecule has 20 heavy (non-hydrogen) atoms. The van der Waals surface area contributed by atoms with E-state index in [0.717, 1.165) is 6.07 Å². The van der Waals surface area contributed by atoms with Crippen LogP contribution in [0.2, 0.25) is 5.02 Å². The molecule has 1 aromatic carbocycles. The molecule has 0 saturated carbocycles. The summed E-state index contributed by atoms with van der Waals surface area (Å²) in [4.78, 5) is 0. The van der Waals surface area contributed by atoms with Gasteiger partial charge in [-0.15, -0.1) is 0 Å². The largest absolute Gasteiger partial charge is 0.525 e. The topological polar surface area (TPSA) is 18.5 Å². The van der Waals surface area contributed by atoms with Gasteiger partial charge in [0, 0.05) is 0 Å². The minimum Gasteiger partial charge on any atom is -0.398 e. The Labute approximate surface area is 122 Å². The Morgan fingerprint density at radius 3 is 2.25 bits per heavy atom. The minimum absolute atomic E-state index is 0.136. The Morgan fingerprint density at radius 1 is 1.20 bits per heavy atom. The van der Waals surface area contributed by atoms with Crippen LogP contribution in [0.1, 0.15) is 33.3 Å². The van der Waals surface area contributed by atoms with E-state index in [1.54, 1.807) is 0 Å². The molecule has 0 spiro atoms. The van der Waals surface area contributed by atoms with Crippen LogP contribution in [0.15, 0.2) is 23.9 Å². The van der Waals surface area contributed by atoms with E-state index in [9.17, 15) is 8.78 Å². The van der Waals surface area contributed by atoms with Gasteiger partial charge in [-0.1, -0.05) is 17.7 Å². The van der Waals surface area contributed by atoms with Crippen LogP contribution in [0.3, 0.4) is 0 Å². The van der Waals surface area contributed by atoms with Crippen molar-refractivity contribution in [2.24, 2.45) is 0 Å². The molecule has 6 heteroatoms. The third-order valence-electron chi connectivity index (χ3n) is 3.73. The fraction of sp³-hybridized carbons (Fsp3) is 0.429. The highest BCUT2D eigenvalue weighted by Gasteiger charge is 2.53. The van der Waals surface area contributed by atoms with Crippen molar-refractivity contribution in [2.75, 3.05) is 0 Å². The van der Waals surface area contributed by atoms with Crippen LogP contribution >= 0.6 is 11.6 Å². The lowest BCUT2D eigenvalue weighted by molar-refractivity contribution is 0.00578. The summed E-state index contributed by atoms with van der Waals surface area (Å²) in [6.07, 6.45) is 1.20. The lowest BCUT2D eigenvalue weighted by Crippen LogP contribution is -2.41. The first kappa shape index (κ1) is 15.5. The highest BCUT2D eigenvalue weighted by atomic mass is 35.5. The van der Waals surface area contributed by atoms with E-state index in [0.29, 0.717) is 5.56 Å². The van der Waals surface area contributed by atoms with Gasteiger partial charge in [-0.25, -0.2) is 8.78 Å². The molecular weight excluding hydrogens is 284 g/mol. The first-order valence-corrected chi connectivity index (χ1v) is 6.68. The molecule has 1 aromatic rings. The van der Waals surface area contributed by atoms with Crippen molar-refractivity contribution in [3.63, 3.8) is 0 Å². The summed E-state index contributed by atoms with van der Waals surface area (Å²) in [7, 11) is -1.08. The zero-order valence-corrected chi connectivity index (χ0v) is 12.6. The fourth-order valence-electron chi connectivity index (χ4n) is 1.79. The van der Waals surface area contributed by atoms with Crippen LogP contribution in [0.5, 0.6) is 0 Å². The zero-order valence-electron chi connectivity index (χ0n) is 11.8. The molecule has 1 aliphatic rings. The Kier molecular flexibility index (Phi) is 3.97. The second-order valence-corrected chi connectivity index (χ2v) is 6.19. The molecule has 108 valence electrons. The molecular formula is C14H16BClF2O2. The fourth-order valence-corrected chi connectivity index (χ4v) is 2.01. The van der Waals surface area contributed by atoms with Gasteiger partial charge >= 0.3 is 7.12 Å². The molecule has 2 rings (SSSR count). The average molecular weight is 301 g/mol. The molecule has 0 bridgehead atoms. The molecule has 1 heterocycles. The van der Waals surface area contributed by atoms with E-state index >= 15 is 0 Å². The molecule has 0 atom stereocenters. The summed E-state index contributed by atoms with van der Waals surface area (Å²) in [5.41, 5.74) is -1.46. The van der Waals surface area contributed by atoms with Crippen LogP contribution in [-0.2, 0) is 9.31 Å². The molecule has 0 amide bonds. The van der Waals surface area contributed by atoms with E-state index in [1.165, 1.54) is 18.2 Å². The van der Waals surface area contributed by atoms with Crippen LogP contribution in [0.4, 0.5) is 8.78 Å². The highest BCUT2D eigenvalue weighted by molar-refractivity contribution is 6.54. The van der Waals surface area contributed by atoms with Crippen LogP contribution in [0.25, 0.3) is 6.08 Å². The third-order valence-corrected chi connectivity index (χ3v) is 4.06. The van der Waals surface area contributed by atoms with Crippen molar-refractivity contribution in [1.29, 1.82) is 0 Å². The monoisotopic (exact) mass is 300 g/mol. The quantitative estimate of drug-likeness (QED) is 0.753. The summed E-state index contributed by atoms with van der Waals surface area (Å²) in [5, 5.41) is 0.136. The summed E-state index contributed by atoms with van der Waals surface area (Å²) in [6.45, 7) is 7.35. The van der Waals surface area contributed by atoms with E-state index in [1.807, 2.05) is 27.7 Å². The van der Waals surface area contributed by atoms with Gasteiger partial charge < -0.3 is 9.31 Å². The normalized spacial score (nSPS) is 21.4. The van der Waals surface area contributed by atoms with Gasteiger partial charge in [0.1, 0.15) is 11.5 Å². The maximum atomic E-state index is 14.2.